The van der Waals surface area contributed by atoms with Crippen LogP contribution < -0.4 is 15.1 Å². The number of benzene rings is 2. The normalized spacial score (nSPS) is 12.7. The van der Waals surface area contributed by atoms with E-state index >= 15 is 0 Å². The topological polar surface area (TPSA) is 103 Å². The molecule has 1 N–H and O–H groups in total. The maximum atomic E-state index is 12.7. The van der Waals surface area contributed by atoms with Crippen molar-refractivity contribution in [2.75, 3.05) is 0 Å². The Balaban J connectivity index is 1.90. The number of rotatable bonds is 5. The Kier molecular flexibility index (Phi) is 5.83. The SMILES string of the molecule is Cc1ccc(S(=O)(=O)N[C@@H](C)C(=O)Oc2cc(C)cc3oc(=O)c(C)c(C)c23)cc1. The van der Waals surface area contributed by atoms with E-state index in [2.05, 4.69) is 4.72 Å². The molecule has 158 valence electrons. The Labute approximate surface area is 174 Å². The van der Waals surface area contributed by atoms with Crippen LogP contribution in [0.1, 0.15) is 29.2 Å². The van der Waals surface area contributed by atoms with E-state index in [0.717, 1.165) is 11.1 Å². The highest BCUT2D eigenvalue weighted by Crippen LogP contribution is 2.31. The molecule has 30 heavy (non-hydrogen) atoms. The number of ether oxygens (including phenoxy) is 1. The van der Waals surface area contributed by atoms with Gasteiger partial charge < -0.3 is 9.15 Å². The molecule has 0 bridgehead atoms. The molecule has 0 radical (unpaired) electrons. The van der Waals surface area contributed by atoms with Crippen LogP contribution in [-0.2, 0) is 14.8 Å². The number of carbonyl (C=O) groups is 1. The lowest BCUT2D eigenvalue weighted by Crippen LogP contribution is -2.40. The van der Waals surface area contributed by atoms with Gasteiger partial charge in [0.1, 0.15) is 17.4 Å². The molecule has 0 spiro atoms. The molecule has 0 saturated heterocycles. The highest BCUT2D eigenvalue weighted by Gasteiger charge is 2.25. The van der Waals surface area contributed by atoms with Crippen LogP contribution in [0, 0.1) is 27.7 Å². The van der Waals surface area contributed by atoms with E-state index in [-0.39, 0.29) is 10.6 Å². The number of aryl methyl sites for hydroxylation is 3. The fourth-order valence-electron chi connectivity index (χ4n) is 3.03. The van der Waals surface area contributed by atoms with Crippen molar-refractivity contribution < 1.29 is 22.4 Å². The van der Waals surface area contributed by atoms with Gasteiger partial charge in [0.25, 0.3) is 0 Å². The zero-order valence-corrected chi connectivity index (χ0v) is 18.2. The van der Waals surface area contributed by atoms with Crippen molar-refractivity contribution in [3.05, 3.63) is 69.1 Å². The van der Waals surface area contributed by atoms with E-state index in [1.165, 1.54) is 19.1 Å². The summed E-state index contributed by atoms with van der Waals surface area (Å²) in [6.45, 7) is 8.40. The minimum absolute atomic E-state index is 0.0574. The largest absolute Gasteiger partial charge is 0.425 e. The average molecular weight is 429 g/mol. The second-order valence-corrected chi connectivity index (χ2v) is 9.07. The summed E-state index contributed by atoms with van der Waals surface area (Å²) in [5.41, 5.74) is 2.55. The number of hydrogen-bond donors (Lipinski definition) is 1. The van der Waals surface area contributed by atoms with Crippen molar-refractivity contribution in [2.24, 2.45) is 0 Å². The molecule has 7 nitrogen and oxygen atoms in total. The van der Waals surface area contributed by atoms with E-state index in [4.69, 9.17) is 9.15 Å². The predicted octanol–water partition coefficient (Wildman–Crippen LogP) is 3.30. The lowest BCUT2D eigenvalue weighted by Gasteiger charge is -2.16. The first-order valence-electron chi connectivity index (χ1n) is 9.35. The van der Waals surface area contributed by atoms with Crippen molar-refractivity contribution in [3.63, 3.8) is 0 Å². The van der Waals surface area contributed by atoms with Gasteiger partial charge in [-0.1, -0.05) is 17.7 Å². The molecular weight excluding hydrogens is 406 g/mol. The Hall–Kier alpha value is -2.97. The first-order valence-corrected chi connectivity index (χ1v) is 10.8. The van der Waals surface area contributed by atoms with Crippen LogP contribution in [0.3, 0.4) is 0 Å². The molecule has 0 fully saturated rings. The zero-order chi connectivity index (χ0) is 22.2. The average Bonchev–Trinajstić information content (AvgIpc) is 2.65. The fraction of sp³-hybridized carbons (Fsp3) is 0.273. The summed E-state index contributed by atoms with van der Waals surface area (Å²) >= 11 is 0. The van der Waals surface area contributed by atoms with Gasteiger partial charge in [0.05, 0.1) is 10.3 Å². The molecule has 1 aromatic heterocycles. The Morgan fingerprint density at radius 2 is 1.63 bits per heavy atom. The van der Waals surface area contributed by atoms with Crippen molar-refractivity contribution in [1.29, 1.82) is 0 Å². The summed E-state index contributed by atoms with van der Waals surface area (Å²) in [7, 11) is -3.90. The smallest absolute Gasteiger partial charge is 0.339 e. The number of hydrogen-bond acceptors (Lipinski definition) is 6. The molecule has 0 amide bonds. The van der Waals surface area contributed by atoms with Gasteiger partial charge in [0.2, 0.25) is 10.0 Å². The van der Waals surface area contributed by atoms with Gasteiger partial charge in [-0.15, -0.1) is 0 Å². The second kappa shape index (κ2) is 8.04. The van der Waals surface area contributed by atoms with E-state index in [1.807, 2.05) is 6.92 Å². The van der Waals surface area contributed by atoms with Crippen LogP contribution in [0.2, 0.25) is 0 Å². The Morgan fingerprint density at radius 3 is 2.27 bits per heavy atom. The lowest BCUT2D eigenvalue weighted by molar-refractivity contribution is -0.135. The predicted molar refractivity (Wildman–Crippen MR) is 113 cm³/mol. The number of fused-ring (bicyclic) bond motifs is 1. The van der Waals surface area contributed by atoms with E-state index in [9.17, 15) is 18.0 Å². The van der Waals surface area contributed by atoms with Gasteiger partial charge in [-0.25, -0.2) is 18.0 Å². The molecular formula is C22H23NO6S. The summed E-state index contributed by atoms with van der Waals surface area (Å²) in [5.74, 6) is -0.568. The van der Waals surface area contributed by atoms with Crippen molar-refractivity contribution in [3.8, 4) is 5.75 Å². The van der Waals surface area contributed by atoms with Crippen LogP contribution in [0.15, 0.2) is 50.5 Å². The fourth-order valence-corrected chi connectivity index (χ4v) is 4.22. The van der Waals surface area contributed by atoms with Gasteiger partial charge >= 0.3 is 11.6 Å². The third kappa shape index (κ3) is 4.29. The summed E-state index contributed by atoms with van der Waals surface area (Å²) in [6.07, 6.45) is 0. The van der Waals surface area contributed by atoms with Crippen LogP contribution >= 0.6 is 0 Å². The molecule has 0 unspecified atom stereocenters. The van der Waals surface area contributed by atoms with Gasteiger partial charge in [0, 0.05) is 5.56 Å². The van der Waals surface area contributed by atoms with Gasteiger partial charge in [0.15, 0.2) is 0 Å². The maximum Gasteiger partial charge on any atom is 0.339 e. The quantitative estimate of drug-likeness (QED) is 0.379. The van der Waals surface area contributed by atoms with E-state index in [0.29, 0.717) is 22.1 Å². The minimum Gasteiger partial charge on any atom is -0.425 e. The molecule has 0 aliphatic heterocycles. The number of carbonyl (C=O) groups excluding carboxylic acids is 1. The van der Waals surface area contributed by atoms with Crippen molar-refractivity contribution in [2.45, 2.75) is 45.6 Å². The lowest BCUT2D eigenvalue weighted by atomic mass is 10.0. The third-order valence-corrected chi connectivity index (χ3v) is 6.44. The molecule has 3 aromatic rings. The van der Waals surface area contributed by atoms with Gasteiger partial charge in [-0.05, 0) is 70.0 Å². The van der Waals surface area contributed by atoms with E-state index in [1.54, 1.807) is 45.0 Å². The molecule has 3 rings (SSSR count). The third-order valence-electron chi connectivity index (χ3n) is 4.88. The molecule has 8 heteroatoms. The molecule has 1 heterocycles. The monoisotopic (exact) mass is 429 g/mol. The Morgan fingerprint density at radius 1 is 1.00 bits per heavy atom. The van der Waals surface area contributed by atoms with Crippen molar-refractivity contribution >= 4 is 27.0 Å². The van der Waals surface area contributed by atoms with Crippen LogP contribution in [-0.4, -0.2) is 20.4 Å². The molecule has 2 aromatic carbocycles. The maximum absolute atomic E-state index is 12.7. The number of esters is 1. The standard InChI is InChI=1S/C22H23NO6S/c1-12-6-8-17(9-7-12)30(26,27)23-16(5)22(25)29-19-11-13(2)10-18-20(19)14(3)15(4)21(24)28-18/h6-11,16,23H,1-5H3/t16-/m0/s1. The first kappa shape index (κ1) is 21.7. The zero-order valence-electron chi connectivity index (χ0n) is 17.4. The molecule has 0 saturated carbocycles. The minimum atomic E-state index is -3.90. The highest BCUT2D eigenvalue weighted by atomic mass is 32.2. The molecule has 0 aliphatic rings. The number of sulfonamides is 1. The van der Waals surface area contributed by atoms with Gasteiger partial charge in [-0.3, -0.25) is 0 Å². The number of nitrogens with one attached hydrogen (secondary N) is 1. The highest BCUT2D eigenvalue weighted by molar-refractivity contribution is 7.89. The Bertz CT molecular complexity index is 1290. The molecule has 1 atom stereocenters. The van der Waals surface area contributed by atoms with Crippen LogP contribution in [0.5, 0.6) is 5.75 Å². The second-order valence-electron chi connectivity index (χ2n) is 7.35. The first-order chi connectivity index (χ1) is 14.0. The summed E-state index contributed by atoms with van der Waals surface area (Å²) in [5, 5.41) is 0.500. The van der Waals surface area contributed by atoms with Gasteiger partial charge in [-0.2, -0.15) is 4.72 Å². The van der Waals surface area contributed by atoms with Crippen LogP contribution in [0.4, 0.5) is 0 Å². The van der Waals surface area contributed by atoms with Crippen molar-refractivity contribution in [1.82, 2.24) is 4.72 Å². The summed E-state index contributed by atoms with van der Waals surface area (Å²) in [6, 6.07) is 8.49. The van der Waals surface area contributed by atoms with E-state index < -0.39 is 27.7 Å². The molecule has 0 aliphatic carbocycles. The summed E-state index contributed by atoms with van der Waals surface area (Å²) < 4.78 is 38.3. The van der Waals surface area contributed by atoms with Crippen LogP contribution in [0.25, 0.3) is 11.0 Å². The summed E-state index contributed by atoms with van der Waals surface area (Å²) in [4.78, 5) is 24.7.